The van der Waals surface area contributed by atoms with E-state index in [2.05, 4.69) is 20.3 Å². The Hall–Kier alpha value is -4.67. The summed E-state index contributed by atoms with van der Waals surface area (Å²) in [6, 6.07) is 28.8. The normalized spacial score (nSPS) is 11.5. The summed E-state index contributed by atoms with van der Waals surface area (Å²) in [7, 11) is 0.407. The van der Waals surface area contributed by atoms with E-state index in [1.165, 1.54) is 0 Å². The van der Waals surface area contributed by atoms with Crippen molar-refractivity contribution >= 4 is 38.5 Å². The van der Waals surface area contributed by atoms with Crippen molar-refractivity contribution in [1.82, 2.24) is 19.8 Å². The van der Waals surface area contributed by atoms with Gasteiger partial charge in [0.15, 0.2) is 0 Å². The molecule has 0 spiro atoms. The number of imidazole rings is 1. The van der Waals surface area contributed by atoms with Crippen LogP contribution in [0.15, 0.2) is 97.3 Å². The Balaban J connectivity index is 1.43. The largest absolute Gasteiger partial charge is 0.337 e. The summed E-state index contributed by atoms with van der Waals surface area (Å²) in [6.45, 7) is 1.32. The molecule has 1 heterocycles. The third kappa shape index (κ3) is 6.92. The molecule has 2 amide bonds. The minimum Gasteiger partial charge on any atom is -0.337 e. The number of hydrogen-bond donors (Lipinski definition) is 3. The highest BCUT2D eigenvalue weighted by atomic mass is 32.2. The Bertz CT molecular complexity index is 1780. The van der Waals surface area contributed by atoms with Crippen molar-refractivity contribution in [2.24, 2.45) is 0 Å². The Kier molecular flexibility index (Phi) is 8.04. The highest BCUT2D eigenvalue weighted by molar-refractivity contribution is 7.92. The molecule has 0 aliphatic carbocycles. The Morgan fingerprint density at radius 1 is 0.878 bits per heavy atom. The van der Waals surface area contributed by atoms with Crippen molar-refractivity contribution in [3.05, 3.63) is 97.3 Å². The molecule has 0 atom stereocenters. The number of rotatable bonds is 9. The number of carbonyl (C=O) groups excluding carboxylic acids is 1. The van der Waals surface area contributed by atoms with E-state index in [1.54, 1.807) is 6.33 Å². The van der Waals surface area contributed by atoms with Crippen LogP contribution in [0.2, 0.25) is 0 Å². The second kappa shape index (κ2) is 11.8. The van der Waals surface area contributed by atoms with Crippen LogP contribution in [-0.4, -0.2) is 62.3 Å². The van der Waals surface area contributed by atoms with Gasteiger partial charge >= 0.3 is 6.03 Å². The standard InChI is InChI=1S/C31H32N6O3S/c1-36(2)18-17-32-31(38)34-25-12-9-22(10-13-25)24-11-16-28-30(19-24)37(21-33-28)26-14-15-27(23-7-5-4-6-8-23)29(20-26)35-41(3,39)40/h4-16,19-21,35H,17-18H2,1-3H3,(H2,32,34,38). The van der Waals surface area contributed by atoms with E-state index in [4.69, 9.17) is 0 Å². The summed E-state index contributed by atoms with van der Waals surface area (Å²) in [6.07, 6.45) is 2.88. The minimum atomic E-state index is -3.50. The lowest BCUT2D eigenvalue weighted by Crippen LogP contribution is -2.34. The van der Waals surface area contributed by atoms with Crippen LogP contribution in [0.25, 0.3) is 39.0 Å². The molecule has 5 aromatic rings. The second-order valence-electron chi connectivity index (χ2n) is 10.0. The van der Waals surface area contributed by atoms with Gasteiger partial charge < -0.3 is 15.5 Å². The number of benzene rings is 4. The molecule has 0 unspecified atom stereocenters. The van der Waals surface area contributed by atoms with Gasteiger partial charge in [-0.15, -0.1) is 0 Å². The SMILES string of the molecule is CN(C)CCNC(=O)Nc1ccc(-c2ccc3ncn(-c4ccc(-c5ccccc5)c(NS(C)(=O)=O)c4)c3c2)cc1. The fraction of sp³-hybridized carbons (Fsp3) is 0.161. The lowest BCUT2D eigenvalue weighted by Gasteiger charge is -2.14. The molecule has 0 saturated carbocycles. The molecular weight excluding hydrogens is 536 g/mol. The maximum atomic E-state index is 12.2. The number of urea groups is 1. The Morgan fingerprint density at radius 3 is 2.32 bits per heavy atom. The smallest absolute Gasteiger partial charge is 0.319 e. The molecule has 5 rings (SSSR count). The van der Waals surface area contributed by atoms with Gasteiger partial charge in [0.2, 0.25) is 10.0 Å². The number of fused-ring (bicyclic) bond motifs is 1. The first-order chi connectivity index (χ1) is 19.7. The maximum absolute atomic E-state index is 12.2. The molecular formula is C31H32N6O3S. The summed E-state index contributed by atoms with van der Waals surface area (Å²) in [5, 5.41) is 5.69. The third-order valence-electron chi connectivity index (χ3n) is 6.53. The van der Waals surface area contributed by atoms with Gasteiger partial charge in [-0.2, -0.15) is 0 Å². The van der Waals surface area contributed by atoms with Crippen molar-refractivity contribution in [1.29, 1.82) is 0 Å². The highest BCUT2D eigenvalue weighted by Crippen LogP contribution is 2.33. The predicted octanol–water partition coefficient (Wildman–Crippen LogP) is 5.41. The Morgan fingerprint density at radius 2 is 1.61 bits per heavy atom. The third-order valence-corrected chi connectivity index (χ3v) is 7.12. The quantitative estimate of drug-likeness (QED) is 0.220. The molecule has 3 N–H and O–H groups in total. The Labute approximate surface area is 239 Å². The van der Waals surface area contributed by atoms with E-state index in [-0.39, 0.29) is 6.03 Å². The number of nitrogens with one attached hydrogen (secondary N) is 3. The molecule has 0 bridgehead atoms. The van der Waals surface area contributed by atoms with Crippen LogP contribution in [0.4, 0.5) is 16.2 Å². The summed E-state index contributed by atoms with van der Waals surface area (Å²) in [4.78, 5) is 18.7. The first-order valence-corrected chi connectivity index (χ1v) is 15.0. The van der Waals surface area contributed by atoms with Crippen LogP contribution in [0.5, 0.6) is 0 Å². The highest BCUT2D eigenvalue weighted by Gasteiger charge is 2.14. The van der Waals surface area contributed by atoms with E-state index < -0.39 is 10.0 Å². The summed E-state index contributed by atoms with van der Waals surface area (Å²) < 4.78 is 29.0. The lowest BCUT2D eigenvalue weighted by atomic mass is 10.0. The maximum Gasteiger partial charge on any atom is 0.319 e. The van der Waals surface area contributed by atoms with Gasteiger partial charge in [-0.3, -0.25) is 9.29 Å². The summed E-state index contributed by atoms with van der Waals surface area (Å²) >= 11 is 0. The van der Waals surface area contributed by atoms with E-state index >= 15 is 0 Å². The molecule has 0 fully saturated rings. The summed E-state index contributed by atoms with van der Waals surface area (Å²) in [5.74, 6) is 0. The predicted molar refractivity (Wildman–Crippen MR) is 166 cm³/mol. The van der Waals surface area contributed by atoms with Crippen LogP contribution in [0, 0.1) is 0 Å². The molecule has 9 nitrogen and oxygen atoms in total. The van der Waals surface area contributed by atoms with E-state index in [1.807, 2.05) is 115 Å². The summed E-state index contributed by atoms with van der Waals surface area (Å²) in [5.41, 5.74) is 7.31. The van der Waals surface area contributed by atoms with Gasteiger partial charge in [0.1, 0.15) is 6.33 Å². The molecule has 210 valence electrons. The monoisotopic (exact) mass is 568 g/mol. The van der Waals surface area contributed by atoms with Gasteiger partial charge in [0.05, 0.1) is 23.0 Å². The molecule has 0 radical (unpaired) electrons. The van der Waals surface area contributed by atoms with Gasteiger partial charge in [-0.1, -0.05) is 54.6 Å². The molecule has 41 heavy (non-hydrogen) atoms. The van der Waals surface area contributed by atoms with Crippen molar-refractivity contribution in [3.63, 3.8) is 0 Å². The van der Waals surface area contributed by atoms with Crippen LogP contribution in [-0.2, 0) is 10.0 Å². The molecule has 0 aliphatic heterocycles. The number of nitrogens with zero attached hydrogens (tertiary/aromatic N) is 3. The molecule has 1 aromatic heterocycles. The van der Waals surface area contributed by atoms with Crippen LogP contribution in [0.3, 0.4) is 0 Å². The van der Waals surface area contributed by atoms with E-state index in [0.29, 0.717) is 17.9 Å². The van der Waals surface area contributed by atoms with Crippen molar-refractivity contribution < 1.29 is 13.2 Å². The van der Waals surface area contributed by atoms with Crippen LogP contribution >= 0.6 is 0 Å². The zero-order chi connectivity index (χ0) is 29.0. The number of hydrogen-bond acceptors (Lipinski definition) is 5. The fourth-order valence-corrected chi connectivity index (χ4v) is 5.11. The number of likely N-dealkylation sites (N-methyl/N-ethyl adjacent to an activating group) is 1. The van der Waals surface area contributed by atoms with Crippen molar-refractivity contribution in [2.45, 2.75) is 0 Å². The van der Waals surface area contributed by atoms with Crippen molar-refractivity contribution in [3.8, 4) is 27.9 Å². The first kappa shape index (κ1) is 27.9. The second-order valence-corrected chi connectivity index (χ2v) is 11.8. The topological polar surface area (TPSA) is 108 Å². The zero-order valence-electron chi connectivity index (χ0n) is 23.1. The van der Waals surface area contributed by atoms with Crippen LogP contribution < -0.4 is 15.4 Å². The zero-order valence-corrected chi connectivity index (χ0v) is 23.9. The van der Waals surface area contributed by atoms with Crippen LogP contribution in [0.1, 0.15) is 0 Å². The van der Waals surface area contributed by atoms with E-state index in [9.17, 15) is 13.2 Å². The average molecular weight is 569 g/mol. The van der Waals surface area contributed by atoms with Gasteiger partial charge in [-0.25, -0.2) is 18.2 Å². The number of aromatic nitrogens is 2. The van der Waals surface area contributed by atoms with Crippen molar-refractivity contribution in [2.75, 3.05) is 43.5 Å². The molecule has 4 aromatic carbocycles. The number of carbonyl (C=O) groups is 1. The lowest BCUT2D eigenvalue weighted by molar-refractivity contribution is 0.250. The van der Waals surface area contributed by atoms with Gasteiger partial charge in [-0.05, 0) is 67.2 Å². The average Bonchev–Trinajstić information content (AvgIpc) is 3.36. The number of sulfonamides is 1. The molecule has 0 saturated heterocycles. The number of amides is 2. The number of anilines is 2. The first-order valence-electron chi connectivity index (χ1n) is 13.1. The molecule has 10 heteroatoms. The van der Waals surface area contributed by atoms with Gasteiger partial charge in [0.25, 0.3) is 0 Å². The van der Waals surface area contributed by atoms with E-state index in [0.717, 1.165) is 51.8 Å². The fourth-order valence-electron chi connectivity index (χ4n) is 4.54. The van der Waals surface area contributed by atoms with Gasteiger partial charge in [0, 0.05) is 30.0 Å². The molecule has 0 aliphatic rings. The minimum absolute atomic E-state index is 0.243.